The second-order valence-corrected chi connectivity index (χ2v) is 18.5. The van der Waals surface area contributed by atoms with Crippen LogP contribution in [0.2, 0.25) is 0 Å². The maximum atomic E-state index is 13.9. The zero-order chi connectivity index (χ0) is 41.6. The number of nitrogens with zero attached hydrogens (tertiary/aromatic N) is 4. The smallest absolute Gasteiger partial charge is 0.293 e. The third kappa shape index (κ3) is 7.91. The Kier molecular flexibility index (Phi) is 10.7. The molecule has 5 heterocycles. The minimum atomic E-state index is -4.56. The van der Waals surface area contributed by atoms with Crippen LogP contribution < -0.4 is 19.7 Å². The van der Waals surface area contributed by atoms with Gasteiger partial charge >= 0.3 is 0 Å². The van der Waals surface area contributed by atoms with Crippen molar-refractivity contribution in [3.8, 4) is 11.5 Å². The molecule has 1 amide bonds. The molecule has 1 spiro atoms. The number of nitro benzene ring substituents is 1. The van der Waals surface area contributed by atoms with E-state index in [4.69, 9.17) is 14.2 Å². The summed E-state index contributed by atoms with van der Waals surface area (Å²) in [6, 6.07) is 22.1. The van der Waals surface area contributed by atoms with Crippen LogP contribution in [0.15, 0.2) is 90.1 Å². The van der Waals surface area contributed by atoms with Crippen molar-refractivity contribution in [2.75, 3.05) is 56.2 Å². The number of likely N-dealkylation sites (tertiary alicyclic amines) is 1. The molecule has 0 unspecified atom stereocenters. The van der Waals surface area contributed by atoms with Gasteiger partial charge in [-0.2, -0.15) is 0 Å². The Morgan fingerprint density at radius 2 is 1.92 bits per heavy atom. The normalized spacial score (nSPS) is 20.6. The molecule has 3 aromatic carbocycles. The summed E-state index contributed by atoms with van der Waals surface area (Å²) in [6.45, 7) is 8.84. The first kappa shape index (κ1) is 39.9. The number of hydrogen-bond donors (Lipinski definition) is 3. The number of ether oxygens (including phenoxy) is 3. The molecule has 1 saturated carbocycles. The van der Waals surface area contributed by atoms with E-state index in [0.29, 0.717) is 49.2 Å². The first-order chi connectivity index (χ1) is 28.9. The zero-order valence-corrected chi connectivity index (χ0v) is 34.5. The standard InChI is InChI=1S/C44H49N7O8S/c1-28(2)35-6-3-4-7-36(35)39-8-5-15-50(39)31-21-44(22-31)26-49(27-44)30-9-11-37(41(19-30)59-32-18-29-13-14-45-42(29)47-23-32)43(52)48-60(55,56)34-10-12-38(40(20-34)51(53)54)46-24-33-25-57-16-17-58-33/h3-4,6-7,9-14,18-20,23,28,31,33,39,46H,5,8,15-17,21-22,24-27H2,1-2H3,(H,45,47)(H,48,52)/t33-,39-/m0/s1. The lowest BCUT2D eigenvalue weighted by Crippen LogP contribution is -2.66. The van der Waals surface area contributed by atoms with E-state index in [2.05, 4.69) is 67.9 Å². The number of pyridine rings is 1. The molecule has 4 fully saturated rings. The monoisotopic (exact) mass is 835 g/mol. The van der Waals surface area contributed by atoms with Gasteiger partial charge in [-0.25, -0.2) is 18.1 Å². The molecule has 60 heavy (non-hydrogen) atoms. The Morgan fingerprint density at radius 3 is 2.70 bits per heavy atom. The molecular weight excluding hydrogens is 787 g/mol. The van der Waals surface area contributed by atoms with E-state index in [1.807, 2.05) is 6.07 Å². The van der Waals surface area contributed by atoms with Gasteiger partial charge in [-0.05, 0) is 85.7 Å². The van der Waals surface area contributed by atoms with Gasteiger partial charge < -0.3 is 29.4 Å². The predicted octanol–water partition coefficient (Wildman–Crippen LogP) is 7.14. The molecule has 3 N–H and O–H groups in total. The van der Waals surface area contributed by atoms with Gasteiger partial charge in [0.1, 0.15) is 22.8 Å². The van der Waals surface area contributed by atoms with Crippen molar-refractivity contribution in [3.63, 3.8) is 0 Å². The number of nitro groups is 1. The quantitative estimate of drug-likeness (QED) is 0.0807. The van der Waals surface area contributed by atoms with E-state index in [1.54, 1.807) is 30.5 Å². The Hall–Kier alpha value is -5.55. The summed E-state index contributed by atoms with van der Waals surface area (Å²) in [6.07, 6.45) is 7.64. The van der Waals surface area contributed by atoms with Crippen molar-refractivity contribution in [1.82, 2.24) is 19.6 Å². The van der Waals surface area contributed by atoms with E-state index in [9.17, 15) is 23.3 Å². The number of hydrogen-bond acceptors (Lipinski definition) is 12. The van der Waals surface area contributed by atoms with Crippen LogP contribution in [0.25, 0.3) is 11.0 Å². The van der Waals surface area contributed by atoms with Gasteiger partial charge in [0, 0.05) is 66.5 Å². The number of fused-ring (bicyclic) bond motifs is 1. The van der Waals surface area contributed by atoms with Crippen LogP contribution in [0, 0.1) is 15.5 Å². The number of amides is 1. The number of aromatic nitrogens is 2. The van der Waals surface area contributed by atoms with Gasteiger partial charge in [0.25, 0.3) is 21.6 Å². The highest BCUT2D eigenvalue weighted by atomic mass is 32.2. The SMILES string of the molecule is CC(C)c1ccccc1[C@@H]1CCCN1C1CC2(C1)CN(c1ccc(C(=O)NS(=O)(=O)c3ccc(NC[C@H]4COCCO4)c([N+](=O)[O-])c3)c(Oc3cnc4[nH]ccc4c3)c1)C2. The van der Waals surface area contributed by atoms with Gasteiger partial charge in [0.2, 0.25) is 0 Å². The maximum absolute atomic E-state index is 13.9. The maximum Gasteiger partial charge on any atom is 0.293 e. The fourth-order valence-electron chi connectivity index (χ4n) is 9.45. The summed E-state index contributed by atoms with van der Waals surface area (Å²) in [7, 11) is -4.56. The molecule has 15 nitrogen and oxygen atoms in total. The van der Waals surface area contributed by atoms with Crippen LogP contribution in [0.5, 0.6) is 11.5 Å². The summed E-state index contributed by atoms with van der Waals surface area (Å²) in [5.41, 5.74) is 4.26. The van der Waals surface area contributed by atoms with Crippen molar-refractivity contribution >= 4 is 44.0 Å². The summed E-state index contributed by atoms with van der Waals surface area (Å²) in [4.78, 5) is 37.3. The molecule has 16 heteroatoms. The fourth-order valence-corrected chi connectivity index (χ4v) is 10.4. The lowest BCUT2D eigenvalue weighted by molar-refractivity contribution is -0.384. The molecule has 5 aromatic rings. The molecule has 2 aromatic heterocycles. The third-order valence-corrected chi connectivity index (χ3v) is 13.7. The molecule has 9 rings (SSSR count). The third-order valence-electron chi connectivity index (χ3n) is 12.4. The summed E-state index contributed by atoms with van der Waals surface area (Å²) in [5, 5.41) is 15.8. The second-order valence-electron chi connectivity index (χ2n) is 16.8. The molecule has 2 atom stereocenters. The van der Waals surface area contributed by atoms with E-state index in [0.717, 1.165) is 49.6 Å². The number of H-pyrrole nitrogens is 1. The van der Waals surface area contributed by atoms with Crippen LogP contribution >= 0.6 is 0 Å². The number of rotatable bonds is 13. The number of sulfonamides is 1. The van der Waals surface area contributed by atoms with Gasteiger partial charge in [0.05, 0.1) is 47.5 Å². The van der Waals surface area contributed by atoms with Crippen LogP contribution in [-0.4, -0.2) is 92.3 Å². The first-order valence-corrected chi connectivity index (χ1v) is 22.1. The number of nitrogens with one attached hydrogen (secondary N) is 3. The largest absolute Gasteiger partial charge is 0.455 e. The van der Waals surface area contributed by atoms with Crippen LogP contribution in [0.3, 0.4) is 0 Å². The Balaban J connectivity index is 0.912. The van der Waals surface area contributed by atoms with E-state index >= 15 is 0 Å². The van der Waals surface area contributed by atoms with E-state index in [1.165, 1.54) is 42.3 Å². The summed E-state index contributed by atoms with van der Waals surface area (Å²) in [5.74, 6) is 0.0362. The van der Waals surface area contributed by atoms with E-state index < -0.39 is 31.4 Å². The lowest BCUT2D eigenvalue weighted by Gasteiger charge is -2.62. The Morgan fingerprint density at radius 1 is 1.08 bits per heavy atom. The average Bonchev–Trinajstić information content (AvgIpc) is 3.89. The van der Waals surface area contributed by atoms with Gasteiger partial charge in [0.15, 0.2) is 0 Å². The lowest BCUT2D eigenvalue weighted by atomic mass is 9.60. The van der Waals surface area contributed by atoms with Crippen molar-refractivity contribution < 1.29 is 32.3 Å². The summed E-state index contributed by atoms with van der Waals surface area (Å²) < 4.78 is 46.7. The average molecular weight is 836 g/mol. The van der Waals surface area contributed by atoms with E-state index in [-0.39, 0.29) is 35.1 Å². The van der Waals surface area contributed by atoms with Crippen LogP contribution in [0.1, 0.15) is 73.0 Å². The number of carbonyl (C=O) groups excluding carboxylic acids is 1. The Labute approximate surface area is 348 Å². The fraction of sp³-hybridized carbons (Fsp3) is 0.409. The number of benzene rings is 3. The van der Waals surface area contributed by atoms with Crippen LogP contribution in [-0.2, 0) is 19.5 Å². The number of aromatic amines is 1. The van der Waals surface area contributed by atoms with Crippen molar-refractivity contribution in [2.24, 2.45) is 5.41 Å². The zero-order valence-electron chi connectivity index (χ0n) is 33.6. The van der Waals surface area contributed by atoms with Gasteiger partial charge in [-0.3, -0.25) is 19.8 Å². The molecule has 0 bridgehead atoms. The van der Waals surface area contributed by atoms with Gasteiger partial charge in [-0.1, -0.05) is 38.1 Å². The highest BCUT2D eigenvalue weighted by molar-refractivity contribution is 7.90. The molecule has 3 aliphatic heterocycles. The van der Waals surface area contributed by atoms with Gasteiger partial charge in [-0.15, -0.1) is 0 Å². The highest BCUT2D eigenvalue weighted by Gasteiger charge is 2.55. The van der Waals surface area contributed by atoms with Crippen molar-refractivity contribution in [1.29, 1.82) is 0 Å². The predicted molar refractivity (Wildman–Crippen MR) is 226 cm³/mol. The Bertz CT molecular complexity index is 2520. The first-order valence-electron chi connectivity index (χ1n) is 20.6. The number of carbonyl (C=O) groups is 1. The molecule has 1 aliphatic carbocycles. The topological polar surface area (TPSA) is 181 Å². The highest BCUT2D eigenvalue weighted by Crippen LogP contribution is 2.54. The minimum absolute atomic E-state index is 0.0281. The molecule has 314 valence electrons. The second kappa shape index (κ2) is 16.1. The molecular formula is C44H49N7O8S. The van der Waals surface area contributed by atoms with Crippen molar-refractivity contribution in [3.05, 3.63) is 112 Å². The number of anilines is 2. The summed E-state index contributed by atoms with van der Waals surface area (Å²) >= 11 is 0. The van der Waals surface area contributed by atoms with Crippen molar-refractivity contribution in [2.45, 2.75) is 68.5 Å². The molecule has 3 saturated heterocycles. The molecule has 0 radical (unpaired) electrons. The van der Waals surface area contributed by atoms with Crippen LogP contribution in [0.4, 0.5) is 17.1 Å². The minimum Gasteiger partial charge on any atom is -0.455 e. The molecule has 4 aliphatic rings.